The summed E-state index contributed by atoms with van der Waals surface area (Å²) in [6.45, 7) is 4.38. The van der Waals surface area contributed by atoms with E-state index in [4.69, 9.17) is 14.2 Å². The lowest BCUT2D eigenvalue weighted by Gasteiger charge is -2.40. The van der Waals surface area contributed by atoms with Gasteiger partial charge < -0.3 is 45.1 Å². The number of carbonyl (C=O) groups is 2. The van der Waals surface area contributed by atoms with Gasteiger partial charge in [-0.15, -0.1) is 0 Å². The molecular weight excluding hydrogens is 1160 g/mol. The number of allylic oxidation sites excluding steroid dienone is 3. The summed E-state index contributed by atoms with van der Waals surface area (Å²) in [6.07, 6.45) is 82.2. The van der Waals surface area contributed by atoms with Crippen LogP contribution in [0, 0.1) is 0 Å². The second-order valence-corrected chi connectivity index (χ2v) is 28.8. The molecule has 1 fully saturated rings. The number of aliphatic hydroxyl groups excluding tert-OH is 5. The van der Waals surface area contributed by atoms with Crippen molar-refractivity contribution in [3.8, 4) is 0 Å². The van der Waals surface area contributed by atoms with Gasteiger partial charge in [0.15, 0.2) is 6.29 Å². The number of nitrogens with one attached hydrogen (secondary N) is 1. The van der Waals surface area contributed by atoms with E-state index in [1.165, 1.54) is 340 Å². The van der Waals surface area contributed by atoms with E-state index in [1.807, 2.05) is 6.08 Å². The highest BCUT2D eigenvalue weighted by Crippen LogP contribution is 2.24. The molecule has 0 aromatic heterocycles. The molecule has 93 heavy (non-hydrogen) atoms. The maximum absolute atomic E-state index is 13.1. The minimum atomic E-state index is -1.57. The van der Waals surface area contributed by atoms with E-state index < -0.39 is 49.5 Å². The minimum Gasteiger partial charge on any atom is -0.466 e. The zero-order valence-electron chi connectivity index (χ0n) is 61.5. The summed E-state index contributed by atoms with van der Waals surface area (Å²) in [5.74, 6) is -0.163. The topological polar surface area (TPSA) is 175 Å². The fraction of sp³-hybridized carbons (Fsp3) is 0.927. The summed E-state index contributed by atoms with van der Waals surface area (Å²) in [5.41, 5.74) is 0. The number of ether oxygens (including phenoxy) is 3. The van der Waals surface area contributed by atoms with Gasteiger partial charge in [-0.25, -0.2) is 0 Å². The molecule has 1 aliphatic heterocycles. The highest BCUT2D eigenvalue weighted by molar-refractivity contribution is 5.76. The molecule has 1 rings (SSSR count). The second kappa shape index (κ2) is 71.4. The molecule has 0 bridgehead atoms. The molecule has 550 valence electrons. The van der Waals surface area contributed by atoms with Crippen LogP contribution in [0.1, 0.15) is 425 Å². The molecule has 7 atom stereocenters. The fourth-order valence-corrected chi connectivity index (χ4v) is 13.4. The molecular formula is C82H157NO10. The van der Waals surface area contributed by atoms with Gasteiger partial charge in [-0.2, -0.15) is 0 Å². The average molecular weight is 1320 g/mol. The quantitative estimate of drug-likeness (QED) is 0.0195. The van der Waals surface area contributed by atoms with Gasteiger partial charge in [-0.1, -0.05) is 378 Å². The Morgan fingerprint density at radius 1 is 0.387 bits per heavy atom. The molecule has 0 aromatic carbocycles. The molecule has 1 heterocycles. The van der Waals surface area contributed by atoms with Crippen LogP contribution in [0.2, 0.25) is 0 Å². The molecule has 0 aromatic rings. The van der Waals surface area contributed by atoms with Gasteiger partial charge in [0.1, 0.15) is 24.4 Å². The third-order valence-corrected chi connectivity index (χ3v) is 19.8. The molecule has 0 spiro atoms. The molecule has 0 saturated carbocycles. The summed E-state index contributed by atoms with van der Waals surface area (Å²) in [5, 5.41) is 54.6. The van der Waals surface area contributed by atoms with E-state index in [0.29, 0.717) is 19.4 Å². The van der Waals surface area contributed by atoms with E-state index in [1.54, 1.807) is 6.08 Å². The Balaban J connectivity index is 1.87. The number of hydrogen-bond acceptors (Lipinski definition) is 10. The summed E-state index contributed by atoms with van der Waals surface area (Å²) >= 11 is 0. The molecule has 1 amide bonds. The van der Waals surface area contributed by atoms with Gasteiger partial charge in [0.2, 0.25) is 5.91 Å². The zero-order valence-corrected chi connectivity index (χ0v) is 61.5. The van der Waals surface area contributed by atoms with Crippen LogP contribution in [0.5, 0.6) is 0 Å². The van der Waals surface area contributed by atoms with Crippen LogP contribution in [-0.2, 0) is 23.8 Å². The minimum absolute atomic E-state index is 0.00983. The first-order valence-corrected chi connectivity index (χ1v) is 41.1. The van der Waals surface area contributed by atoms with Gasteiger partial charge in [0, 0.05) is 12.8 Å². The summed E-state index contributed by atoms with van der Waals surface area (Å²) < 4.78 is 16.8. The first-order valence-electron chi connectivity index (χ1n) is 41.1. The van der Waals surface area contributed by atoms with Crippen LogP contribution in [0.4, 0.5) is 0 Å². The lowest BCUT2D eigenvalue weighted by molar-refractivity contribution is -0.302. The standard InChI is InChI=1S/C82H157NO10/c1-3-5-7-9-11-13-15-44-48-52-56-60-64-68-75(85)74(73-92-82-81(90)80(89)79(88)76(72-84)93-82)83-77(86)69-65-61-57-53-49-46-42-40-38-36-34-32-30-28-26-24-22-20-18-17-19-21-23-25-27-29-31-33-35-37-39-41-43-47-51-55-59-63-67-71-91-78(87)70-66-62-58-54-50-45-16-14-12-10-8-6-4-2/h14,16,64,68,74-76,79-82,84-85,88-90H,3-13,15,17-63,65-67,69-73H2,1-2H3,(H,83,86)/b16-14-,68-64+. The molecule has 1 saturated heterocycles. The van der Waals surface area contributed by atoms with Crippen molar-refractivity contribution in [3.63, 3.8) is 0 Å². The Hall–Kier alpha value is -1.86. The third-order valence-electron chi connectivity index (χ3n) is 19.8. The number of esters is 1. The van der Waals surface area contributed by atoms with Gasteiger partial charge >= 0.3 is 5.97 Å². The van der Waals surface area contributed by atoms with Crippen LogP contribution in [-0.4, -0.2) is 100 Å². The van der Waals surface area contributed by atoms with Gasteiger partial charge in [-0.05, 0) is 57.8 Å². The first-order chi connectivity index (χ1) is 45.7. The average Bonchev–Trinajstić information content (AvgIpc) is 0.985. The fourth-order valence-electron chi connectivity index (χ4n) is 13.4. The Morgan fingerprint density at radius 2 is 0.688 bits per heavy atom. The Kier molecular flexibility index (Phi) is 68.5. The predicted octanol–water partition coefficient (Wildman–Crippen LogP) is 22.3. The van der Waals surface area contributed by atoms with Gasteiger partial charge in [0.05, 0.1) is 32.0 Å². The number of rotatable bonds is 74. The number of hydrogen-bond donors (Lipinski definition) is 6. The van der Waals surface area contributed by atoms with Crippen LogP contribution in [0.25, 0.3) is 0 Å². The lowest BCUT2D eigenvalue weighted by atomic mass is 9.99. The van der Waals surface area contributed by atoms with Crippen molar-refractivity contribution in [2.75, 3.05) is 19.8 Å². The summed E-state index contributed by atoms with van der Waals surface area (Å²) in [7, 11) is 0. The van der Waals surface area contributed by atoms with E-state index in [-0.39, 0.29) is 18.5 Å². The van der Waals surface area contributed by atoms with Crippen molar-refractivity contribution in [1.82, 2.24) is 5.32 Å². The van der Waals surface area contributed by atoms with Crippen LogP contribution in [0.3, 0.4) is 0 Å². The maximum Gasteiger partial charge on any atom is 0.305 e. The summed E-state index contributed by atoms with van der Waals surface area (Å²) in [4.78, 5) is 25.2. The van der Waals surface area contributed by atoms with Gasteiger partial charge in [-0.3, -0.25) is 9.59 Å². The molecule has 7 unspecified atom stereocenters. The van der Waals surface area contributed by atoms with Crippen molar-refractivity contribution in [2.24, 2.45) is 0 Å². The Labute approximate surface area is 575 Å². The van der Waals surface area contributed by atoms with E-state index in [9.17, 15) is 35.1 Å². The first kappa shape index (κ1) is 89.2. The Morgan fingerprint density at radius 3 is 1.04 bits per heavy atom. The molecule has 0 radical (unpaired) electrons. The molecule has 0 aliphatic carbocycles. The van der Waals surface area contributed by atoms with Crippen molar-refractivity contribution in [3.05, 3.63) is 24.3 Å². The van der Waals surface area contributed by atoms with Crippen molar-refractivity contribution >= 4 is 11.9 Å². The molecule has 11 nitrogen and oxygen atoms in total. The van der Waals surface area contributed by atoms with Crippen molar-refractivity contribution < 1.29 is 49.3 Å². The number of aliphatic hydroxyl groups is 5. The van der Waals surface area contributed by atoms with Crippen molar-refractivity contribution in [1.29, 1.82) is 0 Å². The zero-order chi connectivity index (χ0) is 67.2. The molecule has 11 heteroatoms. The highest BCUT2D eigenvalue weighted by Gasteiger charge is 2.44. The third kappa shape index (κ3) is 59.9. The van der Waals surface area contributed by atoms with E-state index in [2.05, 4.69) is 31.3 Å². The SMILES string of the molecule is CCCCCC/C=C\CCCCCCCC(=O)OCCCCCCCCCCCCCCCCCCCCCCCCCCCCCCCCCCCCCCCCCC(=O)NC(COC1OC(CO)C(O)C(O)C1O)C(O)/C=C/CCCCCCCCCCCCC. The second-order valence-electron chi connectivity index (χ2n) is 28.8. The lowest BCUT2D eigenvalue weighted by Crippen LogP contribution is -2.60. The predicted molar refractivity (Wildman–Crippen MR) is 394 cm³/mol. The van der Waals surface area contributed by atoms with E-state index in [0.717, 1.165) is 57.8 Å². The van der Waals surface area contributed by atoms with Crippen LogP contribution < -0.4 is 5.32 Å². The van der Waals surface area contributed by atoms with Crippen LogP contribution >= 0.6 is 0 Å². The van der Waals surface area contributed by atoms with E-state index >= 15 is 0 Å². The van der Waals surface area contributed by atoms with Crippen LogP contribution in [0.15, 0.2) is 24.3 Å². The smallest absolute Gasteiger partial charge is 0.305 e. The monoisotopic (exact) mass is 1320 g/mol. The largest absolute Gasteiger partial charge is 0.466 e. The number of unbranched alkanes of at least 4 members (excludes halogenated alkanes) is 58. The summed E-state index contributed by atoms with van der Waals surface area (Å²) in [6, 6.07) is -0.805. The van der Waals surface area contributed by atoms with Crippen molar-refractivity contribution in [2.45, 2.75) is 468 Å². The van der Waals surface area contributed by atoms with Gasteiger partial charge in [0.25, 0.3) is 0 Å². The normalized spacial score (nSPS) is 17.5. The molecule has 1 aliphatic rings. The maximum atomic E-state index is 13.1. The number of amides is 1. The highest BCUT2D eigenvalue weighted by atomic mass is 16.7. The Bertz CT molecular complexity index is 1590. The number of carbonyl (C=O) groups excluding carboxylic acids is 2. The molecule has 6 N–H and O–H groups in total.